The number of hydrogen-bond donors (Lipinski definition) is 3. The number of aryl methyl sites for hydroxylation is 1. The number of nitrogens with zero attached hydrogens (tertiary/aromatic N) is 2. The number of nitrogen functional groups attached to an aromatic ring is 1. The van der Waals surface area contributed by atoms with Crippen molar-refractivity contribution in [1.29, 1.82) is 0 Å². The largest absolute Gasteiger partial charge is 0.370 e. The molecule has 1 heterocycles. The van der Waals surface area contributed by atoms with Gasteiger partial charge in [0, 0.05) is 12.1 Å². The molecule has 0 radical (unpaired) electrons. The Labute approximate surface area is 96.8 Å². The van der Waals surface area contributed by atoms with E-state index in [1.807, 2.05) is 13.8 Å². The second-order valence-electron chi connectivity index (χ2n) is 4.35. The molecule has 0 aliphatic carbocycles. The lowest BCUT2D eigenvalue weighted by Crippen LogP contribution is -2.15. The van der Waals surface area contributed by atoms with Gasteiger partial charge < -0.3 is 10.7 Å². The Balaban J connectivity index is 2.75. The summed E-state index contributed by atoms with van der Waals surface area (Å²) in [6, 6.07) is 0. The van der Waals surface area contributed by atoms with Crippen molar-refractivity contribution in [2.45, 2.75) is 34.1 Å². The molecule has 0 aliphatic heterocycles. The molecule has 1 rings (SSSR count). The van der Waals surface area contributed by atoms with Gasteiger partial charge in [-0.15, -0.1) is 0 Å². The Hall–Kier alpha value is -1.36. The standard InChI is InChI=1S/C11H21N5/c1-7(2)5-6-13-10-8(3)11(16-12)15-9(4)14-10/h7H,5-6,12H2,1-4H3,(H2,13,14,15,16). The van der Waals surface area contributed by atoms with Crippen molar-refractivity contribution in [2.75, 3.05) is 17.3 Å². The van der Waals surface area contributed by atoms with Crippen molar-refractivity contribution < 1.29 is 0 Å². The zero-order valence-corrected chi connectivity index (χ0v) is 10.5. The van der Waals surface area contributed by atoms with E-state index in [-0.39, 0.29) is 0 Å². The number of rotatable bonds is 5. The molecular weight excluding hydrogens is 202 g/mol. The summed E-state index contributed by atoms with van der Waals surface area (Å²) in [5.41, 5.74) is 3.54. The Kier molecular flexibility index (Phi) is 4.49. The van der Waals surface area contributed by atoms with E-state index in [0.29, 0.717) is 17.6 Å². The van der Waals surface area contributed by atoms with Crippen LogP contribution in [-0.4, -0.2) is 16.5 Å². The molecule has 0 unspecified atom stereocenters. The predicted molar refractivity (Wildman–Crippen MR) is 67.3 cm³/mol. The van der Waals surface area contributed by atoms with Gasteiger partial charge in [0.05, 0.1) is 0 Å². The van der Waals surface area contributed by atoms with Crippen LogP contribution in [0.2, 0.25) is 0 Å². The van der Waals surface area contributed by atoms with Crippen LogP contribution in [0, 0.1) is 19.8 Å². The van der Waals surface area contributed by atoms with Gasteiger partial charge >= 0.3 is 0 Å². The zero-order chi connectivity index (χ0) is 12.1. The summed E-state index contributed by atoms with van der Waals surface area (Å²) >= 11 is 0. The lowest BCUT2D eigenvalue weighted by molar-refractivity contribution is 0.606. The molecule has 0 amide bonds. The average molecular weight is 223 g/mol. The van der Waals surface area contributed by atoms with Crippen LogP contribution in [0.5, 0.6) is 0 Å². The summed E-state index contributed by atoms with van der Waals surface area (Å²) in [4.78, 5) is 8.57. The minimum absolute atomic E-state index is 0.680. The minimum atomic E-state index is 0.680. The lowest BCUT2D eigenvalue weighted by Gasteiger charge is -2.13. The quantitative estimate of drug-likeness (QED) is 0.524. The van der Waals surface area contributed by atoms with Gasteiger partial charge in [-0.1, -0.05) is 13.8 Å². The molecule has 0 atom stereocenters. The first-order valence-electron chi connectivity index (χ1n) is 5.60. The molecule has 0 fully saturated rings. The molecular formula is C11H21N5. The van der Waals surface area contributed by atoms with Crippen molar-refractivity contribution in [3.63, 3.8) is 0 Å². The van der Waals surface area contributed by atoms with Gasteiger partial charge in [-0.2, -0.15) is 0 Å². The maximum absolute atomic E-state index is 5.40. The number of hydrazine groups is 1. The highest BCUT2D eigenvalue weighted by Crippen LogP contribution is 2.18. The van der Waals surface area contributed by atoms with Crippen LogP contribution < -0.4 is 16.6 Å². The fourth-order valence-electron chi connectivity index (χ4n) is 1.42. The molecule has 0 aromatic carbocycles. The van der Waals surface area contributed by atoms with Crippen LogP contribution in [0.3, 0.4) is 0 Å². The van der Waals surface area contributed by atoms with Crippen LogP contribution >= 0.6 is 0 Å². The SMILES string of the molecule is Cc1nc(NN)c(C)c(NCCC(C)C)n1. The second kappa shape index (κ2) is 5.65. The molecule has 0 saturated carbocycles. The highest BCUT2D eigenvalue weighted by atomic mass is 15.3. The highest BCUT2D eigenvalue weighted by molar-refractivity contribution is 5.56. The Bertz CT molecular complexity index is 348. The third-order valence-corrected chi connectivity index (χ3v) is 2.41. The fraction of sp³-hybridized carbons (Fsp3) is 0.636. The Morgan fingerprint density at radius 2 is 1.81 bits per heavy atom. The third kappa shape index (κ3) is 3.34. The number of hydrogen-bond acceptors (Lipinski definition) is 5. The van der Waals surface area contributed by atoms with E-state index in [1.165, 1.54) is 0 Å². The van der Waals surface area contributed by atoms with Crippen molar-refractivity contribution in [3.05, 3.63) is 11.4 Å². The van der Waals surface area contributed by atoms with Crippen molar-refractivity contribution in [3.8, 4) is 0 Å². The molecule has 1 aromatic rings. The predicted octanol–water partition coefficient (Wildman–Crippen LogP) is 1.84. The van der Waals surface area contributed by atoms with Crippen LogP contribution in [0.1, 0.15) is 31.7 Å². The molecule has 5 nitrogen and oxygen atoms in total. The Morgan fingerprint density at radius 1 is 1.19 bits per heavy atom. The maximum atomic E-state index is 5.40. The molecule has 0 spiro atoms. The molecule has 4 N–H and O–H groups in total. The topological polar surface area (TPSA) is 75.9 Å². The van der Waals surface area contributed by atoms with Gasteiger partial charge in [0.15, 0.2) is 0 Å². The molecule has 90 valence electrons. The van der Waals surface area contributed by atoms with Crippen LogP contribution in [0.15, 0.2) is 0 Å². The van der Waals surface area contributed by atoms with Crippen molar-refractivity contribution in [1.82, 2.24) is 9.97 Å². The molecule has 0 aliphatic rings. The minimum Gasteiger partial charge on any atom is -0.370 e. The number of nitrogens with one attached hydrogen (secondary N) is 2. The van der Waals surface area contributed by atoms with E-state index in [0.717, 1.165) is 24.3 Å². The summed E-state index contributed by atoms with van der Waals surface area (Å²) in [7, 11) is 0. The summed E-state index contributed by atoms with van der Waals surface area (Å²) in [6.45, 7) is 9.12. The normalized spacial score (nSPS) is 10.6. The summed E-state index contributed by atoms with van der Waals surface area (Å²) in [5.74, 6) is 8.34. The zero-order valence-electron chi connectivity index (χ0n) is 10.5. The van der Waals surface area contributed by atoms with E-state index < -0.39 is 0 Å². The summed E-state index contributed by atoms with van der Waals surface area (Å²) < 4.78 is 0. The highest BCUT2D eigenvalue weighted by Gasteiger charge is 2.07. The van der Waals surface area contributed by atoms with Crippen LogP contribution in [0.25, 0.3) is 0 Å². The van der Waals surface area contributed by atoms with Gasteiger partial charge in [0.1, 0.15) is 17.5 Å². The number of nitrogens with two attached hydrogens (primary N) is 1. The third-order valence-electron chi connectivity index (χ3n) is 2.41. The molecule has 1 aromatic heterocycles. The monoisotopic (exact) mass is 223 g/mol. The average Bonchev–Trinajstić information content (AvgIpc) is 2.22. The smallest absolute Gasteiger partial charge is 0.148 e. The summed E-state index contributed by atoms with van der Waals surface area (Å²) in [5, 5.41) is 3.31. The van der Waals surface area contributed by atoms with Gasteiger partial charge in [0.2, 0.25) is 0 Å². The number of anilines is 2. The number of aromatic nitrogens is 2. The Morgan fingerprint density at radius 3 is 2.38 bits per heavy atom. The van der Waals surface area contributed by atoms with E-state index in [2.05, 4.69) is 34.6 Å². The van der Waals surface area contributed by atoms with Gasteiger partial charge in [-0.05, 0) is 26.2 Å². The molecule has 0 saturated heterocycles. The van der Waals surface area contributed by atoms with Crippen LogP contribution in [-0.2, 0) is 0 Å². The first-order chi connectivity index (χ1) is 7.54. The van der Waals surface area contributed by atoms with Gasteiger partial charge in [0.25, 0.3) is 0 Å². The van der Waals surface area contributed by atoms with Gasteiger partial charge in [-0.3, -0.25) is 0 Å². The second-order valence-corrected chi connectivity index (χ2v) is 4.35. The van der Waals surface area contributed by atoms with Crippen molar-refractivity contribution in [2.24, 2.45) is 11.8 Å². The van der Waals surface area contributed by atoms with Crippen molar-refractivity contribution >= 4 is 11.6 Å². The maximum Gasteiger partial charge on any atom is 0.148 e. The molecule has 0 bridgehead atoms. The van der Waals surface area contributed by atoms with E-state index in [1.54, 1.807) is 0 Å². The van der Waals surface area contributed by atoms with E-state index in [9.17, 15) is 0 Å². The van der Waals surface area contributed by atoms with E-state index >= 15 is 0 Å². The summed E-state index contributed by atoms with van der Waals surface area (Å²) in [6.07, 6.45) is 1.12. The van der Waals surface area contributed by atoms with E-state index in [4.69, 9.17) is 5.84 Å². The van der Waals surface area contributed by atoms with Crippen LogP contribution in [0.4, 0.5) is 11.6 Å². The first kappa shape index (κ1) is 12.7. The fourth-order valence-corrected chi connectivity index (χ4v) is 1.42. The van der Waals surface area contributed by atoms with Gasteiger partial charge in [-0.25, -0.2) is 15.8 Å². The molecule has 5 heteroatoms. The first-order valence-corrected chi connectivity index (χ1v) is 5.60. The molecule has 16 heavy (non-hydrogen) atoms. The lowest BCUT2D eigenvalue weighted by atomic mass is 10.1.